The Hall–Kier alpha value is -2.44. The molecule has 1 amide bonds. The molecule has 0 aliphatic carbocycles. The first-order valence-corrected chi connectivity index (χ1v) is 8.84. The zero-order valence-corrected chi connectivity index (χ0v) is 17.8. The summed E-state index contributed by atoms with van der Waals surface area (Å²) in [5.74, 6) is 1.50. The molecule has 0 fully saturated rings. The summed E-state index contributed by atoms with van der Waals surface area (Å²) in [4.78, 5) is 12.5. The summed E-state index contributed by atoms with van der Waals surface area (Å²) >= 11 is 0. The van der Waals surface area contributed by atoms with Crippen LogP contribution < -0.4 is 25.3 Å². The summed E-state index contributed by atoms with van der Waals surface area (Å²) in [5, 5.41) is 2.86. The van der Waals surface area contributed by atoms with E-state index in [2.05, 4.69) is 31.3 Å². The number of ether oxygens (including phenoxy) is 3. The highest BCUT2D eigenvalue weighted by atomic mass is 35.5. The fourth-order valence-corrected chi connectivity index (χ4v) is 2.76. The van der Waals surface area contributed by atoms with E-state index < -0.39 is 0 Å². The lowest BCUT2D eigenvalue weighted by molar-refractivity contribution is 0.0950. The topological polar surface area (TPSA) is 82.8 Å². The number of carbonyl (C=O) groups is 1. The van der Waals surface area contributed by atoms with Crippen LogP contribution in [0, 0.1) is 0 Å². The van der Waals surface area contributed by atoms with Gasteiger partial charge in [-0.1, -0.05) is 38.1 Å². The minimum atomic E-state index is -0.294. The maximum atomic E-state index is 12.5. The number of methoxy groups -OCH3 is 3. The van der Waals surface area contributed by atoms with E-state index in [0.717, 1.165) is 5.56 Å². The van der Waals surface area contributed by atoms with E-state index in [9.17, 15) is 4.79 Å². The van der Waals surface area contributed by atoms with Gasteiger partial charge in [0, 0.05) is 18.2 Å². The molecule has 0 radical (unpaired) electrons. The third-order valence-corrected chi connectivity index (χ3v) is 4.44. The number of amides is 1. The minimum Gasteiger partial charge on any atom is -0.493 e. The molecule has 1 atom stereocenters. The van der Waals surface area contributed by atoms with Crippen molar-refractivity contribution in [1.82, 2.24) is 5.32 Å². The molecule has 0 saturated heterocycles. The summed E-state index contributed by atoms with van der Waals surface area (Å²) < 4.78 is 15.8. The quantitative estimate of drug-likeness (QED) is 0.696. The number of halogens is 1. The molecule has 154 valence electrons. The van der Waals surface area contributed by atoms with Crippen LogP contribution in [-0.4, -0.2) is 33.8 Å². The van der Waals surface area contributed by atoms with Crippen LogP contribution in [0.25, 0.3) is 0 Å². The first-order valence-electron chi connectivity index (χ1n) is 8.84. The van der Waals surface area contributed by atoms with Crippen molar-refractivity contribution in [3.05, 3.63) is 53.1 Å². The van der Waals surface area contributed by atoms with Gasteiger partial charge in [-0.05, 0) is 29.2 Å². The van der Waals surface area contributed by atoms with Crippen LogP contribution in [0.2, 0.25) is 0 Å². The predicted octanol–water partition coefficient (Wildman–Crippen LogP) is 3.69. The van der Waals surface area contributed by atoms with Crippen molar-refractivity contribution in [1.29, 1.82) is 0 Å². The Balaban J connectivity index is 0.00000392. The van der Waals surface area contributed by atoms with Crippen molar-refractivity contribution in [2.75, 3.05) is 27.9 Å². The van der Waals surface area contributed by atoms with Gasteiger partial charge in [0.05, 0.1) is 21.3 Å². The third-order valence-electron chi connectivity index (χ3n) is 4.44. The van der Waals surface area contributed by atoms with Gasteiger partial charge in [0.1, 0.15) is 0 Å². The molecule has 0 aromatic heterocycles. The third kappa shape index (κ3) is 5.53. The monoisotopic (exact) mass is 408 g/mol. The van der Waals surface area contributed by atoms with Crippen LogP contribution in [0.1, 0.15) is 47.3 Å². The lowest BCUT2D eigenvalue weighted by Crippen LogP contribution is -2.32. The van der Waals surface area contributed by atoms with Crippen molar-refractivity contribution in [3.8, 4) is 17.2 Å². The second-order valence-electron chi connectivity index (χ2n) is 6.55. The Kier molecular flexibility index (Phi) is 9.09. The zero-order valence-electron chi connectivity index (χ0n) is 16.9. The molecule has 1 unspecified atom stereocenters. The number of benzene rings is 2. The fraction of sp³-hybridized carbons (Fsp3) is 0.381. The lowest BCUT2D eigenvalue weighted by atomic mass is 9.99. The predicted molar refractivity (Wildman–Crippen MR) is 113 cm³/mol. The Morgan fingerprint density at radius 2 is 1.46 bits per heavy atom. The fourth-order valence-electron chi connectivity index (χ4n) is 2.76. The van der Waals surface area contributed by atoms with Gasteiger partial charge in [-0.25, -0.2) is 0 Å². The van der Waals surface area contributed by atoms with E-state index in [-0.39, 0.29) is 24.4 Å². The van der Waals surface area contributed by atoms with E-state index in [1.165, 1.54) is 26.9 Å². The number of hydrogen-bond donors (Lipinski definition) is 2. The summed E-state index contributed by atoms with van der Waals surface area (Å²) in [6.45, 7) is 4.61. The molecule has 7 heteroatoms. The number of carbonyl (C=O) groups excluding carboxylic acids is 1. The van der Waals surface area contributed by atoms with Gasteiger partial charge in [-0.2, -0.15) is 0 Å². The molecule has 0 aliphatic rings. The van der Waals surface area contributed by atoms with Crippen LogP contribution in [-0.2, 0) is 0 Å². The van der Waals surface area contributed by atoms with Crippen molar-refractivity contribution in [3.63, 3.8) is 0 Å². The van der Waals surface area contributed by atoms with Crippen LogP contribution in [0.4, 0.5) is 0 Å². The number of rotatable bonds is 8. The van der Waals surface area contributed by atoms with Crippen LogP contribution in [0.15, 0.2) is 36.4 Å². The highest BCUT2D eigenvalue weighted by Crippen LogP contribution is 2.38. The van der Waals surface area contributed by atoms with E-state index >= 15 is 0 Å². The van der Waals surface area contributed by atoms with Gasteiger partial charge in [-0.15, -0.1) is 12.4 Å². The van der Waals surface area contributed by atoms with Crippen molar-refractivity contribution in [2.45, 2.75) is 25.8 Å². The summed E-state index contributed by atoms with van der Waals surface area (Å²) in [6, 6.07) is 11.1. The van der Waals surface area contributed by atoms with E-state index in [4.69, 9.17) is 19.9 Å². The number of nitrogens with two attached hydrogens (primary N) is 1. The SMILES string of the molecule is COc1cc(C(=O)NCC(N)c2ccc(C(C)C)cc2)cc(OC)c1OC.Cl. The van der Waals surface area contributed by atoms with Crippen molar-refractivity contribution in [2.24, 2.45) is 5.73 Å². The minimum absolute atomic E-state index is 0. The molecule has 28 heavy (non-hydrogen) atoms. The Morgan fingerprint density at radius 1 is 0.964 bits per heavy atom. The average molecular weight is 409 g/mol. The first kappa shape index (κ1) is 23.6. The highest BCUT2D eigenvalue weighted by Gasteiger charge is 2.17. The van der Waals surface area contributed by atoms with Gasteiger partial charge in [-0.3, -0.25) is 4.79 Å². The largest absolute Gasteiger partial charge is 0.493 e. The molecule has 0 bridgehead atoms. The first-order chi connectivity index (χ1) is 12.9. The van der Waals surface area contributed by atoms with Gasteiger partial charge in [0.15, 0.2) is 11.5 Å². The average Bonchev–Trinajstić information content (AvgIpc) is 2.70. The number of hydrogen-bond acceptors (Lipinski definition) is 5. The molecule has 0 heterocycles. The zero-order chi connectivity index (χ0) is 20.0. The second-order valence-corrected chi connectivity index (χ2v) is 6.55. The van der Waals surface area contributed by atoms with E-state index in [1.807, 2.05) is 12.1 Å². The molecule has 0 spiro atoms. The van der Waals surface area contributed by atoms with Crippen LogP contribution >= 0.6 is 12.4 Å². The van der Waals surface area contributed by atoms with E-state index in [0.29, 0.717) is 35.3 Å². The highest BCUT2D eigenvalue weighted by molar-refractivity contribution is 5.95. The number of nitrogens with one attached hydrogen (secondary N) is 1. The van der Waals surface area contributed by atoms with Crippen molar-refractivity contribution < 1.29 is 19.0 Å². The summed E-state index contributed by atoms with van der Waals surface area (Å²) in [7, 11) is 4.54. The standard InChI is InChI=1S/C21H28N2O4.ClH/c1-13(2)14-6-8-15(9-7-14)17(22)12-23-21(24)16-10-18(25-3)20(27-5)19(11-16)26-4;/h6-11,13,17H,12,22H2,1-5H3,(H,23,24);1H. The smallest absolute Gasteiger partial charge is 0.251 e. The molecule has 2 aromatic carbocycles. The Bertz CT molecular complexity index is 753. The van der Waals surface area contributed by atoms with Crippen LogP contribution in [0.5, 0.6) is 17.2 Å². The van der Waals surface area contributed by atoms with Gasteiger partial charge in [0.25, 0.3) is 5.91 Å². The maximum absolute atomic E-state index is 12.5. The van der Waals surface area contributed by atoms with Gasteiger partial charge >= 0.3 is 0 Å². The molecular weight excluding hydrogens is 380 g/mol. The molecule has 2 rings (SSSR count). The Morgan fingerprint density at radius 3 is 1.89 bits per heavy atom. The van der Waals surface area contributed by atoms with E-state index in [1.54, 1.807) is 12.1 Å². The molecule has 6 nitrogen and oxygen atoms in total. The molecule has 3 N–H and O–H groups in total. The normalized spacial score (nSPS) is 11.4. The Labute approximate surface area is 172 Å². The second kappa shape index (κ2) is 10.8. The molecule has 0 aliphatic heterocycles. The van der Waals surface area contributed by atoms with Gasteiger partial charge in [0.2, 0.25) is 5.75 Å². The molecule has 0 saturated carbocycles. The maximum Gasteiger partial charge on any atom is 0.251 e. The molecule has 2 aromatic rings. The summed E-state index contributed by atoms with van der Waals surface area (Å²) in [6.07, 6.45) is 0. The summed E-state index contributed by atoms with van der Waals surface area (Å²) in [5.41, 5.74) is 8.86. The van der Waals surface area contributed by atoms with Crippen molar-refractivity contribution >= 4 is 18.3 Å². The molecular formula is C21H29ClN2O4. The van der Waals surface area contributed by atoms with Gasteiger partial charge < -0.3 is 25.3 Å². The van der Waals surface area contributed by atoms with Crippen LogP contribution in [0.3, 0.4) is 0 Å². The lowest BCUT2D eigenvalue weighted by Gasteiger charge is -2.16.